The number of nitrogens with zero attached hydrogens (tertiary/aromatic N) is 5. The number of anilines is 1. The summed E-state index contributed by atoms with van der Waals surface area (Å²) in [5.41, 5.74) is 1.88. The summed E-state index contributed by atoms with van der Waals surface area (Å²) >= 11 is 0. The van der Waals surface area contributed by atoms with Crippen molar-refractivity contribution >= 4 is 33.4 Å². The van der Waals surface area contributed by atoms with E-state index in [0.29, 0.717) is 6.54 Å². The van der Waals surface area contributed by atoms with Crippen molar-refractivity contribution in [2.75, 3.05) is 31.6 Å². The lowest BCUT2D eigenvalue weighted by atomic mass is 10.1. The molecule has 1 N–H and O–H groups in total. The number of hydrogen-bond acceptors (Lipinski definition) is 5. The monoisotopic (exact) mass is 334 g/mol. The highest BCUT2D eigenvalue weighted by atomic mass is 16.2. The van der Waals surface area contributed by atoms with Gasteiger partial charge >= 0.3 is 0 Å². The van der Waals surface area contributed by atoms with Gasteiger partial charge in [0.25, 0.3) is 0 Å². The first-order valence-corrected chi connectivity index (χ1v) is 8.25. The highest BCUT2D eigenvalue weighted by Gasteiger charge is 2.31. The third kappa shape index (κ3) is 2.56. The molecule has 3 aromatic heterocycles. The van der Waals surface area contributed by atoms with Crippen LogP contribution in [0.3, 0.4) is 0 Å². The molecule has 1 aliphatic rings. The molecule has 0 aromatic carbocycles. The number of carbonyl (C=O) groups is 1. The molecule has 1 fully saturated rings. The Morgan fingerprint density at radius 3 is 3.20 bits per heavy atom. The van der Waals surface area contributed by atoms with E-state index in [1.54, 1.807) is 7.05 Å². The second-order valence-electron chi connectivity index (χ2n) is 6.41. The molecule has 1 saturated heterocycles. The van der Waals surface area contributed by atoms with Gasteiger partial charge in [0.15, 0.2) is 0 Å². The molecule has 0 spiro atoms. The number of nitrogens with one attached hydrogen (secondary N) is 1. The summed E-state index contributed by atoms with van der Waals surface area (Å²) in [5, 5.41) is 11.9. The maximum absolute atomic E-state index is 12.5. The minimum Gasteiger partial charge on any atom is -0.369 e. The zero-order valence-electron chi connectivity index (χ0n) is 13.9. The zero-order chi connectivity index (χ0) is 17.4. The SMILES string of the molecule is CN(CC#N)C(=O)C1CCN(c2cncc3cnc4[nH]ccc4c23)C1. The molecule has 4 heterocycles. The topological polar surface area (TPSA) is 88.9 Å². The molecule has 126 valence electrons. The fourth-order valence-electron chi connectivity index (χ4n) is 3.58. The lowest BCUT2D eigenvalue weighted by molar-refractivity contribution is -0.132. The van der Waals surface area contributed by atoms with Gasteiger partial charge in [-0.2, -0.15) is 5.26 Å². The van der Waals surface area contributed by atoms with Crippen LogP contribution in [0.5, 0.6) is 0 Å². The van der Waals surface area contributed by atoms with Gasteiger partial charge in [-0.3, -0.25) is 9.78 Å². The van der Waals surface area contributed by atoms with Crippen LogP contribution in [0.4, 0.5) is 5.69 Å². The summed E-state index contributed by atoms with van der Waals surface area (Å²) in [7, 11) is 1.68. The first-order valence-electron chi connectivity index (χ1n) is 8.25. The molecule has 7 nitrogen and oxygen atoms in total. The number of hydrogen-bond donors (Lipinski definition) is 1. The molecule has 0 bridgehead atoms. The maximum atomic E-state index is 12.5. The Hall–Kier alpha value is -3.14. The second-order valence-corrected chi connectivity index (χ2v) is 6.41. The highest BCUT2D eigenvalue weighted by Crippen LogP contribution is 2.34. The molecule has 7 heteroatoms. The van der Waals surface area contributed by atoms with Crippen LogP contribution in [0.2, 0.25) is 0 Å². The van der Waals surface area contributed by atoms with Gasteiger partial charge in [0.2, 0.25) is 5.91 Å². The smallest absolute Gasteiger partial charge is 0.228 e. The van der Waals surface area contributed by atoms with Crippen molar-refractivity contribution < 1.29 is 4.79 Å². The van der Waals surface area contributed by atoms with Gasteiger partial charge < -0.3 is 14.8 Å². The van der Waals surface area contributed by atoms with Crippen molar-refractivity contribution in [3.63, 3.8) is 0 Å². The average molecular weight is 334 g/mol. The van der Waals surface area contributed by atoms with Crippen LogP contribution >= 0.6 is 0 Å². The van der Waals surface area contributed by atoms with Crippen LogP contribution in [0.1, 0.15) is 6.42 Å². The van der Waals surface area contributed by atoms with Crippen molar-refractivity contribution in [1.82, 2.24) is 19.9 Å². The molecule has 1 amide bonds. The standard InChI is InChI=1S/C18H18N6O/c1-23(7-4-19)18(25)12-3-6-24(11-12)15-10-20-8-13-9-22-17-14(16(13)15)2-5-21-17/h2,5,8-10,12H,3,6-7,11H2,1H3,(H,21,22). The van der Waals surface area contributed by atoms with Crippen molar-refractivity contribution in [2.24, 2.45) is 5.92 Å². The normalized spacial score (nSPS) is 17.1. The molecule has 3 aromatic rings. The minimum absolute atomic E-state index is 0.0331. The van der Waals surface area contributed by atoms with Crippen molar-refractivity contribution in [2.45, 2.75) is 6.42 Å². The molecule has 0 aliphatic carbocycles. The summed E-state index contributed by atoms with van der Waals surface area (Å²) in [6.45, 7) is 1.57. The largest absolute Gasteiger partial charge is 0.369 e. The summed E-state index contributed by atoms with van der Waals surface area (Å²) in [6, 6.07) is 4.05. The van der Waals surface area contributed by atoms with E-state index >= 15 is 0 Å². The molecule has 0 saturated carbocycles. The second kappa shape index (κ2) is 6.06. The van der Waals surface area contributed by atoms with Gasteiger partial charge in [-0.05, 0) is 12.5 Å². The van der Waals surface area contributed by atoms with Crippen LogP contribution < -0.4 is 4.90 Å². The summed E-state index contributed by atoms with van der Waals surface area (Å²) < 4.78 is 0. The molecular formula is C18H18N6O. The number of rotatable bonds is 3. The summed E-state index contributed by atoms with van der Waals surface area (Å²) in [4.78, 5) is 28.1. The van der Waals surface area contributed by atoms with Gasteiger partial charge in [-0.15, -0.1) is 0 Å². The van der Waals surface area contributed by atoms with Crippen LogP contribution in [0, 0.1) is 17.2 Å². The van der Waals surface area contributed by atoms with Gasteiger partial charge in [0, 0.05) is 54.9 Å². The molecule has 25 heavy (non-hydrogen) atoms. The molecular weight excluding hydrogens is 316 g/mol. The number of aromatic nitrogens is 3. The highest BCUT2D eigenvalue weighted by molar-refractivity contribution is 6.11. The Labute approximate surface area is 144 Å². The molecule has 1 atom stereocenters. The summed E-state index contributed by atoms with van der Waals surface area (Å²) in [6.07, 6.45) is 8.17. The Bertz CT molecular complexity index is 988. The van der Waals surface area contributed by atoms with Gasteiger partial charge in [0.05, 0.1) is 23.9 Å². The van der Waals surface area contributed by atoms with E-state index in [1.165, 1.54) is 4.90 Å². The maximum Gasteiger partial charge on any atom is 0.228 e. The number of fused-ring (bicyclic) bond motifs is 3. The van der Waals surface area contributed by atoms with Gasteiger partial charge in [-0.1, -0.05) is 0 Å². The fraction of sp³-hybridized carbons (Fsp3) is 0.333. The van der Waals surface area contributed by atoms with E-state index in [9.17, 15) is 4.79 Å². The predicted octanol–water partition coefficient (Wildman–Crippen LogP) is 1.92. The van der Waals surface area contributed by atoms with Gasteiger partial charge in [0.1, 0.15) is 12.2 Å². The van der Waals surface area contributed by atoms with Crippen LogP contribution in [-0.4, -0.2) is 52.4 Å². The average Bonchev–Trinajstić information content (AvgIpc) is 3.30. The Morgan fingerprint density at radius 2 is 2.36 bits per heavy atom. The minimum atomic E-state index is -0.0860. The van der Waals surface area contributed by atoms with E-state index in [1.807, 2.05) is 36.9 Å². The lowest BCUT2D eigenvalue weighted by Crippen LogP contribution is -2.34. The number of aromatic amines is 1. The van der Waals surface area contributed by atoms with Crippen molar-refractivity contribution in [3.05, 3.63) is 30.9 Å². The Kier molecular flexibility index (Phi) is 3.73. The molecule has 0 radical (unpaired) electrons. The van der Waals surface area contributed by atoms with Crippen LogP contribution in [0.15, 0.2) is 30.9 Å². The third-order valence-electron chi connectivity index (χ3n) is 4.84. The number of carbonyl (C=O) groups excluding carboxylic acids is 1. The summed E-state index contributed by atoms with van der Waals surface area (Å²) in [5.74, 6) is -0.0529. The number of amides is 1. The quantitative estimate of drug-likeness (QED) is 0.739. The van der Waals surface area contributed by atoms with Crippen molar-refractivity contribution in [3.8, 4) is 6.07 Å². The molecule has 1 aliphatic heterocycles. The predicted molar refractivity (Wildman–Crippen MR) is 95.0 cm³/mol. The fourth-order valence-corrected chi connectivity index (χ4v) is 3.58. The van der Waals surface area contributed by atoms with Crippen LogP contribution in [-0.2, 0) is 4.79 Å². The van der Waals surface area contributed by atoms with E-state index in [2.05, 4.69) is 19.9 Å². The zero-order valence-corrected chi connectivity index (χ0v) is 13.9. The number of nitriles is 1. The van der Waals surface area contributed by atoms with Gasteiger partial charge in [-0.25, -0.2) is 4.98 Å². The molecule has 4 rings (SSSR count). The Morgan fingerprint density at radius 1 is 1.48 bits per heavy atom. The molecule has 1 unspecified atom stereocenters. The Balaban J connectivity index is 1.68. The van der Waals surface area contributed by atoms with Crippen LogP contribution in [0.25, 0.3) is 21.8 Å². The van der Waals surface area contributed by atoms with E-state index < -0.39 is 0 Å². The van der Waals surface area contributed by atoms with Crippen molar-refractivity contribution in [1.29, 1.82) is 5.26 Å². The number of pyridine rings is 2. The first kappa shape index (κ1) is 15.4. The van der Waals surface area contributed by atoms with E-state index in [-0.39, 0.29) is 18.4 Å². The first-order chi connectivity index (χ1) is 12.2. The van der Waals surface area contributed by atoms with E-state index in [4.69, 9.17) is 5.26 Å². The third-order valence-corrected chi connectivity index (χ3v) is 4.84. The lowest BCUT2D eigenvalue weighted by Gasteiger charge is -2.22. The number of H-pyrrole nitrogens is 1. The van der Waals surface area contributed by atoms with E-state index in [0.717, 1.165) is 40.5 Å².